The Balaban J connectivity index is 2.13. The number of methoxy groups -OCH3 is 2. The molecule has 5 heteroatoms. The highest BCUT2D eigenvalue weighted by Gasteiger charge is 2.40. The van der Waals surface area contributed by atoms with Gasteiger partial charge < -0.3 is 9.47 Å². The number of hydrogen-bond acceptors (Lipinski definition) is 4. The second-order valence-corrected chi connectivity index (χ2v) is 10.0. The monoisotopic (exact) mass is 412 g/mol. The zero-order valence-electron chi connectivity index (χ0n) is 17.9. The minimum atomic E-state index is -1.56. The van der Waals surface area contributed by atoms with Gasteiger partial charge in [-0.25, -0.2) is 0 Å². The number of aryl methyl sites for hydroxylation is 3. The van der Waals surface area contributed by atoms with Crippen LogP contribution in [-0.2, 0) is 0 Å². The summed E-state index contributed by atoms with van der Waals surface area (Å²) >= 11 is 0. The summed E-state index contributed by atoms with van der Waals surface area (Å²) < 4.78 is 10.9. The van der Waals surface area contributed by atoms with Gasteiger partial charge in [-0.1, -0.05) is 36.6 Å². The maximum Gasteiger partial charge on any atom is 0.199 e. The van der Waals surface area contributed by atoms with Gasteiger partial charge >= 0.3 is 0 Å². The lowest BCUT2D eigenvalue weighted by Crippen LogP contribution is -2.18. The molecule has 0 aromatic heterocycles. The van der Waals surface area contributed by atoms with Gasteiger partial charge in [-0.05, 0) is 62.5 Å². The van der Waals surface area contributed by atoms with Crippen molar-refractivity contribution in [3.63, 3.8) is 0 Å². The first-order valence-electron chi connectivity index (χ1n) is 10.1. The van der Waals surface area contributed by atoms with Gasteiger partial charge in [0.05, 0.1) is 14.2 Å². The molecule has 1 unspecified atom stereocenters. The van der Waals surface area contributed by atoms with E-state index >= 15 is 0 Å². The molecule has 0 amide bonds. The minimum Gasteiger partial charge on any atom is -0.496 e. The van der Waals surface area contributed by atoms with Crippen LogP contribution in [0.1, 0.15) is 63.1 Å². The maximum absolute atomic E-state index is 13.8. The molecular formula is C24H29O4P. The summed E-state index contributed by atoms with van der Waals surface area (Å²) in [6, 6.07) is 9.35. The van der Waals surface area contributed by atoms with Crippen LogP contribution < -0.4 is 9.47 Å². The predicted octanol–water partition coefficient (Wildman–Crippen LogP) is 6.03. The van der Waals surface area contributed by atoms with E-state index in [-0.39, 0.29) is 16.7 Å². The van der Waals surface area contributed by atoms with Gasteiger partial charge in [-0.2, -0.15) is 0 Å². The van der Waals surface area contributed by atoms with Gasteiger partial charge in [0.1, 0.15) is 17.1 Å². The number of carbonyl (C=O) groups excluding carboxylic acids is 2. The smallest absolute Gasteiger partial charge is 0.199 e. The molecule has 3 rings (SSSR count). The molecule has 154 valence electrons. The summed E-state index contributed by atoms with van der Waals surface area (Å²) in [4.78, 5) is 27.7. The normalized spacial score (nSPS) is 15.2. The molecule has 2 aromatic carbocycles. The van der Waals surface area contributed by atoms with Crippen molar-refractivity contribution in [2.75, 3.05) is 14.2 Å². The number of ether oxygens (including phenoxy) is 2. The summed E-state index contributed by atoms with van der Waals surface area (Å²) in [5.41, 5.74) is 4.07. The predicted molar refractivity (Wildman–Crippen MR) is 118 cm³/mol. The SMILES string of the molecule is COc1cccc(OC)c1C(=O)P(C(=O)c1c(C)cc(C)cc1C)C1CCCC1. The fraction of sp³-hybridized carbons (Fsp3) is 0.417. The van der Waals surface area contributed by atoms with Crippen molar-refractivity contribution in [2.24, 2.45) is 0 Å². The maximum atomic E-state index is 13.8. The van der Waals surface area contributed by atoms with Gasteiger partial charge in [-0.15, -0.1) is 0 Å². The molecule has 1 fully saturated rings. The minimum absolute atomic E-state index is 0.0140. The fourth-order valence-corrected chi connectivity index (χ4v) is 7.19. The summed E-state index contributed by atoms with van der Waals surface area (Å²) in [7, 11) is 1.52. The van der Waals surface area contributed by atoms with E-state index in [0.717, 1.165) is 42.4 Å². The van der Waals surface area contributed by atoms with Crippen molar-refractivity contribution < 1.29 is 19.1 Å². The molecule has 1 saturated carbocycles. The van der Waals surface area contributed by atoms with Crippen molar-refractivity contribution in [3.05, 3.63) is 58.1 Å². The van der Waals surface area contributed by atoms with Crippen molar-refractivity contribution in [2.45, 2.75) is 52.1 Å². The molecule has 0 heterocycles. The number of benzene rings is 2. The second kappa shape index (κ2) is 9.09. The highest BCUT2D eigenvalue weighted by atomic mass is 31.1. The van der Waals surface area contributed by atoms with Crippen LogP contribution in [0.4, 0.5) is 0 Å². The van der Waals surface area contributed by atoms with E-state index in [9.17, 15) is 9.59 Å². The van der Waals surface area contributed by atoms with E-state index in [1.54, 1.807) is 32.4 Å². The van der Waals surface area contributed by atoms with E-state index in [1.807, 2.05) is 32.9 Å². The number of carbonyl (C=O) groups is 2. The van der Waals surface area contributed by atoms with Crippen LogP contribution in [-0.4, -0.2) is 30.9 Å². The van der Waals surface area contributed by atoms with Gasteiger partial charge in [-0.3, -0.25) is 9.59 Å². The third kappa shape index (κ3) is 4.23. The second-order valence-electron chi connectivity index (χ2n) is 7.73. The molecule has 29 heavy (non-hydrogen) atoms. The van der Waals surface area contributed by atoms with Crippen LogP contribution in [0.25, 0.3) is 0 Å². The third-order valence-electron chi connectivity index (χ3n) is 5.66. The molecular weight excluding hydrogens is 383 g/mol. The molecule has 4 nitrogen and oxygen atoms in total. The zero-order valence-corrected chi connectivity index (χ0v) is 18.8. The van der Waals surface area contributed by atoms with Crippen LogP contribution in [0.2, 0.25) is 0 Å². The van der Waals surface area contributed by atoms with E-state index in [0.29, 0.717) is 22.6 Å². The van der Waals surface area contributed by atoms with E-state index in [4.69, 9.17) is 9.47 Å². The van der Waals surface area contributed by atoms with Crippen LogP contribution in [0.15, 0.2) is 30.3 Å². The fourth-order valence-electron chi connectivity index (χ4n) is 4.41. The standard InChI is InChI=1S/C24H29O4P/c1-15-13-16(2)21(17(3)14-15)23(25)29(18-9-6-7-10-18)24(26)22-19(27-4)11-8-12-20(22)28-5/h8,11-14,18H,6-7,9-10H2,1-5H3. The lowest BCUT2D eigenvalue weighted by Gasteiger charge is -2.24. The molecule has 0 spiro atoms. The Kier molecular flexibility index (Phi) is 6.74. The van der Waals surface area contributed by atoms with E-state index in [2.05, 4.69) is 0 Å². The van der Waals surface area contributed by atoms with Crippen LogP contribution in [0.5, 0.6) is 11.5 Å². The van der Waals surface area contributed by atoms with Gasteiger partial charge in [0.25, 0.3) is 0 Å². The van der Waals surface area contributed by atoms with Crippen molar-refractivity contribution in [1.29, 1.82) is 0 Å². The number of rotatable bonds is 7. The van der Waals surface area contributed by atoms with Gasteiger partial charge in [0, 0.05) is 13.5 Å². The molecule has 2 aromatic rings. The summed E-state index contributed by atoms with van der Waals surface area (Å²) in [6.07, 6.45) is 3.98. The lowest BCUT2D eigenvalue weighted by atomic mass is 10.0. The Hall–Kier alpha value is -2.19. The Bertz CT molecular complexity index is 883. The Morgan fingerprint density at radius 3 is 1.83 bits per heavy atom. The summed E-state index contributed by atoms with van der Waals surface area (Å²) in [5, 5.41) is 0. The Morgan fingerprint density at radius 1 is 0.862 bits per heavy atom. The molecule has 1 atom stereocenters. The first-order valence-corrected chi connectivity index (χ1v) is 11.5. The highest BCUT2D eigenvalue weighted by molar-refractivity contribution is 7.90. The highest BCUT2D eigenvalue weighted by Crippen LogP contribution is 2.56. The van der Waals surface area contributed by atoms with E-state index < -0.39 is 7.92 Å². The average Bonchev–Trinajstić information content (AvgIpc) is 3.20. The average molecular weight is 412 g/mol. The van der Waals surface area contributed by atoms with Crippen LogP contribution in [0, 0.1) is 20.8 Å². The molecule has 0 radical (unpaired) electrons. The molecule has 1 aliphatic carbocycles. The van der Waals surface area contributed by atoms with Crippen molar-refractivity contribution in [1.82, 2.24) is 0 Å². The number of hydrogen-bond donors (Lipinski definition) is 0. The Labute approximate surface area is 174 Å². The van der Waals surface area contributed by atoms with Crippen LogP contribution >= 0.6 is 7.92 Å². The first-order chi connectivity index (χ1) is 13.9. The van der Waals surface area contributed by atoms with Gasteiger partial charge in [0.2, 0.25) is 0 Å². The molecule has 0 saturated heterocycles. The summed E-state index contributed by atoms with van der Waals surface area (Å²) in [6.45, 7) is 5.95. The van der Waals surface area contributed by atoms with Crippen molar-refractivity contribution in [3.8, 4) is 11.5 Å². The topological polar surface area (TPSA) is 52.6 Å². The van der Waals surface area contributed by atoms with Crippen molar-refractivity contribution >= 4 is 19.0 Å². The molecule has 0 aliphatic heterocycles. The Morgan fingerprint density at radius 2 is 1.34 bits per heavy atom. The molecule has 0 N–H and O–H groups in total. The summed E-state index contributed by atoms with van der Waals surface area (Å²) in [5.74, 6) is 0.926. The molecule has 1 aliphatic rings. The van der Waals surface area contributed by atoms with E-state index in [1.165, 1.54) is 0 Å². The molecule has 0 bridgehead atoms. The lowest BCUT2D eigenvalue weighted by molar-refractivity contribution is 0.104. The quantitative estimate of drug-likeness (QED) is 0.521. The third-order valence-corrected chi connectivity index (χ3v) is 8.23. The van der Waals surface area contributed by atoms with Gasteiger partial charge in [0.15, 0.2) is 11.0 Å². The zero-order chi connectivity index (χ0) is 21.1. The largest absolute Gasteiger partial charge is 0.496 e. The van der Waals surface area contributed by atoms with Crippen LogP contribution in [0.3, 0.4) is 0 Å². The first kappa shape index (κ1) is 21.5.